The van der Waals surface area contributed by atoms with Crippen LogP contribution in [-0.4, -0.2) is 27.7 Å². The lowest BCUT2D eigenvalue weighted by atomic mass is 10.2. The number of aliphatic hydroxyl groups excluding tert-OH is 1. The molecule has 130 valence electrons. The van der Waals surface area contributed by atoms with E-state index in [1.807, 2.05) is 0 Å². The Kier molecular flexibility index (Phi) is 5.51. The van der Waals surface area contributed by atoms with Gasteiger partial charge in [-0.25, -0.2) is 4.98 Å². The van der Waals surface area contributed by atoms with Crippen LogP contribution in [0.25, 0.3) is 0 Å². The first-order chi connectivity index (χ1) is 11.2. The molecule has 1 heterocycles. The highest BCUT2D eigenvalue weighted by molar-refractivity contribution is 6.33. The first-order valence-corrected chi connectivity index (χ1v) is 7.44. The molecule has 0 aliphatic rings. The molecule has 1 aromatic carbocycles. The number of rotatable bonds is 5. The van der Waals surface area contributed by atoms with Crippen LogP contribution >= 0.6 is 11.6 Å². The molecule has 5 nitrogen and oxygen atoms in total. The van der Waals surface area contributed by atoms with Crippen molar-refractivity contribution in [2.24, 2.45) is 0 Å². The molecule has 0 bridgehead atoms. The maximum atomic E-state index is 13.0. The summed E-state index contributed by atoms with van der Waals surface area (Å²) in [7, 11) is 0. The number of alkyl halides is 3. The molecule has 0 saturated carbocycles. The monoisotopic (exact) mass is 360 g/mol. The van der Waals surface area contributed by atoms with Crippen molar-refractivity contribution < 1.29 is 18.3 Å². The van der Waals surface area contributed by atoms with Crippen molar-refractivity contribution in [1.82, 2.24) is 9.97 Å². The van der Waals surface area contributed by atoms with Gasteiger partial charge in [-0.05, 0) is 25.5 Å². The Morgan fingerprint density at radius 1 is 1.29 bits per heavy atom. The van der Waals surface area contributed by atoms with Crippen molar-refractivity contribution in [2.75, 3.05) is 17.2 Å². The predicted molar refractivity (Wildman–Crippen MR) is 86.7 cm³/mol. The topological polar surface area (TPSA) is 70.1 Å². The van der Waals surface area contributed by atoms with Gasteiger partial charge in [-0.15, -0.1) is 0 Å². The van der Waals surface area contributed by atoms with Gasteiger partial charge in [-0.2, -0.15) is 18.2 Å². The van der Waals surface area contributed by atoms with Gasteiger partial charge in [-0.3, -0.25) is 0 Å². The quantitative estimate of drug-likeness (QED) is 0.752. The van der Waals surface area contributed by atoms with E-state index in [2.05, 4.69) is 20.6 Å². The van der Waals surface area contributed by atoms with Crippen molar-refractivity contribution in [3.05, 3.63) is 40.5 Å². The zero-order valence-electron chi connectivity index (χ0n) is 12.9. The smallest absolute Gasteiger partial charge is 0.394 e. The minimum Gasteiger partial charge on any atom is -0.394 e. The third kappa shape index (κ3) is 4.48. The summed E-state index contributed by atoms with van der Waals surface area (Å²) < 4.78 is 39.1. The maximum absolute atomic E-state index is 13.0. The molecular formula is C15H16ClF3N4O. The number of aliphatic hydroxyl groups is 1. The van der Waals surface area contributed by atoms with Crippen LogP contribution < -0.4 is 10.6 Å². The molecule has 1 aromatic heterocycles. The maximum Gasteiger partial charge on any atom is 0.433 e. The minimum absolute atomic E-state index is 0.0545. The summed E-state index contributed by atoms with van der Waals surface area (Å²) in [5.41, 5.74) is 0.123. The Labute approximate surface area is 141 Å². The van der Waals surface area contributed by atoms with Gasteiger partial charge in [0.1, 0.15) is 5.82 Å². The normalized spacial score (nSPS) is 12.8. The number of nitrogens with zero attached hydrogens (tertiary/aromatic N) is 2. The third-order valence-corrected chi connectivity index (χ3v) is 3.46. The van der Waals surface area contributed by atoms with Crippen molar-refractivity contribution >= 4 is 29.1 Å². The molecule has 3 N–H and O–H groups in total. The molecule has 2 rings (SSSR count). The Morgan fingerprint density at radius 3 is 2.58 bits per heavy atom. The molecule has 24 heavy (non-hydrogen) atoms. The standard InChI is InChI=1S/C15H16ClF3N4O/c1-8-4-3-5-10(16)13(8)22-12-6-11(15(17,18)19)21-14(23-12)20-9(2)7-24/h3-6,9,24H,7H2,1-2H3,(H2,20,21,22,23)/t9-/m0/s1. The Morgan fingerprint density at radius 2 is 2.00 bits per heavy atom. The van der Waals surface area contributed by atoms with Crippen LogP contribution in [0.4, 0.5) is 30.6 Å². The van der Waals surface area contributed by atoms with Crippen LogP contribution in [0, 0.1) is 6.92 Å². The van der Waals surface area contributed by atoms with Crippen LogP contribution in [0.5, 0.6) is 0 Å². The fourth-order valence-corrected chi connectivity index (χ4v) is 2.17. The zero-order chi connectivity index (χ0) is 17.9. The lowest BCUT2D eigenvalue weighted by Crippen LogP contribution is -2.22. The van der Waals surface area contributed by atoms with Gasteiger partial charge in [0, 0.05) is 12.1 Å². The zero-order valence-corrected chi connectivity index (χ0v) is 13.7. The molecule has 1 atom stereocenters. The van der Waals surface area contributed by atoms with E-state index in [9.17, 15) is 13.2 Å². The number of aryl methyl sites for hydroxylation is 1. The van der Waals surface area contributed by atoms with E-state index >= 15 is 0 Å². The summed E-state index contributed by atoms with van der Waals surface area (Å²) in [4.78, 5) is 7.46. The molecule has 9 heteroatoms. The van der Waals surface area contributed by atoms with Gasteiger partial charge >= 0.3 is 6.18 Å². The third-order valence-electron chi connectivity index (χ3n) is 3.14. The summed E-state index contributed by atoms with van der Waals surface area (Å²) in [6.07, 6.45) is -4.63. The van der Waals surface area contributed by atoms with Crippen LogP contribution in [0.1, 0.15) is 18.2 Å². The highest BCUT2D eigenvalue weighted by Gasteiger charge is 2.34. The predicted octanol–water partition coefficient (Wildman–Crippen LogP) is 3.99. The molecule has 2 aromatic rings. The number of hydrogen-bond donors (Lipinski definition) is 3. The van der Waals surface area contributed by atoms with E-state index in [1.165, 1.54) is 0 Å². The Balaban J connectivity index is 2.43. The second kappa shape index (κ2) is 7.23. The number of halogens is 4. The largest absolute Gasteiger partial charge is 0.433 e. The first-order valence-electron chi connectivity index (χ1n) is 7.06. The summed E-state index contributed by atoms with van der Waals surface area (Å²) in [5.74, 6) is -0.292. The number of nitrogens with one attached hydrogen (secondary N) is 2. The van der Waals surface area contributed by atoms with Crippen LogP contribution in [0.3, 0.4) is 0 Å². The van der Waals surface area contributed by atoms with Crippen molar-refractivity contribution in [3.63, 3.8) is 0 Å². The van der Waals surface area contributed by atoms with Gasteiger partial charge in [0.05, 0.1) is 17.3 Å². The average molecular weight is 361 g/mol. The summed E-state index contributed by atoms with van der Waals surface area (Å²) in [6.45, 7) is 3.09. The number of anilines is 3. The van der Waals surface area contributed by atoms with Crippen molar-refractivity contribution in [1.29, 1.82) is 0 Å². The molecule has 0 spiro atoms. The molecule has 0 aliphatic carbocycles. The highest BCUT2D eigenvalue weighted by Crippen LogP contribution is 2.32. The Hall–Kier alpha value is -2.06. The second-order valence-corrected chi connectivity index (χ2v) is 5.65. The fraction of sp³-hybridized carbons (Fsp3) is 0.333. The molecule has 0 unspecified atom stereocenters. The fourth-order valence-electron chi connectivity index (χ4n) is 1.91. The summed E-state index contributed by atoms with van der Waals surface area (Å²) in [5, 5.41) is 14.8. The number of aromatic nitrogens is 2. The lowest BCUT2D eigenvalue weighted by Gasteiger charge is -2.16. The molecule has 0 amide bonds. The summed E-state index contributed by atoms with van der Waals surface area (Å²) in [6, 6.07) is 5.43. The van der Waals surface area contributed by atoms with Gasteiger partial charge in [0.2, 0.25) is 5.95 Å². The van der Waals surface area contributed by atoms with Gasteiger partial charge in [0.25, 0.3) is 0 Å². The van der Waals surface area contributed by atoms with Gasteiger partial charge < -0.3 is 15.7 Å². The Bertz CT molecular complexity index is 704. The van der Waals surface area contributed by atoms with E-state index in [1.54, 1.807) is 32.0 Å². The van der Waals surface area contributed by atoms with E-state index in [-0.39, 0.29) is 18.4 Å². The number of benzene rings is 1. The van der Waals surface area contributed by atoms with E-state index < -0.39 is 17.9 Å². The SMILES string of the molecule is Cc1cccc(Cl)c1Nc1cc(C(F)(F)F)nc(N[C@@H](C)CO)n1. The van der Waals surface area contributed by atoms with Gasteiger partial charge in [-0.1, -0.05) is 23.7 Å². The van der Waals surface area contributed by atoms with Crippen LogP contribution in [0.2, 0.25) is 5.02 Å². The van der Waals surface area contributed by atoms with E-state index in [0.29, 0.717) is 10.7 Å². The van der Waals surface area contributed by atoms with E-state index in [0.717, 1.165) is 11.6 Å². The van der Waals surface area contributed by atoms with Crippen molar-refractivity contribution in [3.8, 4) is 0 Å². The molecule has 0 saturated heterocycles. The molecule has 0 fully saturated rings. The first kappa shape index (κ1) is 18.3. The highest BCUT2D eigenvalue weighted by atomic mass is 35.5. The number of hydrogen-bond acceptors (Lipinski definition) is 5. The molecule has 0 radical (unpaired) electrons. The molecular weight excluding hydrogens is 345 g/mol. The van der Waals surface area contributed by atoms with Crippen LogP contribution in [0.15, 0.2) is 24.3 Å². The van der Waals surface area contributed by atoms with Crippen molar-refractivity contribution in [2.45, 2.75) is 26.1 Å². The van der Waals surface area contributed by atoms with E-state index in [4.69, 9.17) is 16.7 Å². The van der Waals surface area contributed by atoms with Crippen LogP contribution in [-0.2, 0) is 6.18 Å². The van der Waals surface area contributed by atoms with Gasteiger partial charge in [0.15, 0.2) is 5.69 Å². The minimum atomic E-state index is -4.63. The summed E-state index contributed by atoms with van der Waals surface area (Å²) >= 11 is 6.08. The average Bonchev–Trinajstić information content (AvgIpc) is 2.50. The number of para-hydroxylation sites is 1. The molecule has 0 aliphatic heterocycles. The lowest BCUT2D eigenvalue weighted by molar-refractivity contribution is -0.141. The second-order valence-electron chi connectivity index (χ2n) is 5.24.